The molecule has 0 fully saturated rings. The van der Waals surface area contributed by atoms with Crippen molar-refractivity contribution in [1.29, 1.82) is 0 Å². The molecule has 2 nitrogen and oxygen atoms in total. The largest absolute Gasteiger partial charge is 0.454 e. The number of aromatic nitrogens is 1. The fourth-order valence-corrected chi connectivity index (χ4v) is 7.66. The Labute approximate surface area is 265 Å². The molecule has 0 saturated heterocycles. The number of hydrogen-bond donors (Lipinski definition) is 0. The molecule has 8 aromatic carbocycles. The number of benzene rings is 8. The van der Waals surface area contributed by atoms with Crippen LogP contribution in [0.2, 0.25) is 0 Å². The molecule has 0 aliphatic rings. The average molecular weight is 586 g/mol. The molecule has 2 aromatic heterocycles. The van der Waals surface area contributed by atoms with Crippen molar-refractivity contribution in [3.63, 3.8) is 0 Å². The molecule has 46 heavy (non-hydrogen) atoms. The Hall–Kier alpha value is -6.12. The summed E-state index contributed by atoms with van der Waals surface area (Å²) < 4.78 is 9.12. The molecular weight excluding hydrogens is 558 g/mol. The van der Waals surface area contributed by atoms with Crippen LogP contribution < -0.4 is 0 Å². The lowest BCUT2D eigenvalue weighted by atomic mass is 9.85. The lowest BCUT2D eigenvalue weighted by molar-refractivity contribution is 0.666. The first kappa shape index (κ1) is 25.2. The number of furan rings is 1. The van der Waals surface area contributed by atoms with Crippen LogP contribution in [0.25, 0.3) is 93.2 Å². The maximum atomic E-state index is 6.73. The first-order valence-corrected chi connectivity index (χ1v) is 15.8. The van der Waals surface area contributed by atoms with Gasteiger partial charge >= 0.3 is 0 Å². The van der Waals surface area contributed by atoms with E-state index in [9.17, 15) is 0 Å². The van der Waals surface area contributed by atoms with Crippen LogP contribution in [0, 0.1) is 0 Å². The highest BCUT2D eigenvalue weighted by molar-refractivity contribution is 6.23. The summed E-state index contributed by atoms with van der Waals surface area (Å²) in [4.78, 5) is 0. The van der Waals surface area contributed by atoms with Crippen molar-refractivity contribution in [2.24, 2.45) is 0 Å². The normalized spacial score (nSPS) is 11.9. The third-order valence-corrected chi connectivity index (χ3v) is 9.56. The second-order valence-corrected chi connectivity index (χ2v) is 12.0. The molecule has 0 saturated carbocycles. The van der Waals surface area contributed by atoms with Gasteiger partial charge in [0.05, 0.1) is 16.7 Å². The minimum atomic E-state index is 0.894. The first-order valence-electron chi connectivity index (χ1n) is 15.8. The summed E-state index contributed by atoms with van der Waals surface area (Å²) in [5.41, 5.74) is 10.1. The second kappa shape index (κ2) is 9.69. The summed E-state index contributed by atoms with van der Waals surface area (Å²) in [5.74, 6) is 0. The van der Waals surface area contributed by atoms with Gasteiger partial charge in [-0.05, 0) is 74.1 Å². The van der Waals surface area contributed by atoms with E-state index < -0.39 is 0 Å². The Morgan fingerprint density at radius 3 is 1.39 bits per heavy atom. The second-order valence-electron chi connectivity index (χ2n) is 12.0. The van der Waals surface area contributed by atoms with Gasteiger partial charge in [-0.25, -0.2) is 0 Å². The number of nitrogens with zero attached hydrogens (tertiary/aromatic N) is 1. The molecule has 214 valence electrons. The van der Waals surface area contributed by atoms with E-state index in [4.69, 9.17) is 4.42 Å². The van der Waals surface area contributed by atoms with Gasteiger partial charge in [0, 0.05) is 21.5 Å². The molecule has 0 unspecified atom stereocenters. The van der Waals surface area contributed by atoms with E-state index in [1.165, 1.54) is 54.6 Å². The van der Waals surface area contributed by atoms with Crippen molar-refractivity contribution < 1.29 is 4.42 Å². The van der Waals surface area contributed by atoms with E-state index in [1.807, 2.05) is 0 Å². The van der Waals surface area contributed by atoms with E-state index in [0.29, 0.717) is 0 Å². The van der Waals surface area contributed by atoms with Crippen LogP contribution in [-0.4, -0.2) is 4.57 Å². The smallest absolute Gasteiger partial charge is 0.159 e. The predicted molar refractivity (Wildman–Crippen MR) is 194 cm³/mol. The van der Waals surface area contributed by atoms with Crippen molar-refractivity contribution >= 4 is 65.3 Å². The van der Waals surface area contributed by atoms with Crippen LogP contribution in [0.4, 0.5) is 0 Å². The highest BCUT2D eigenvalue weighted by atomic mass is 16.3. The van der Waals surface area contributed by atoms with Crippen LogP contribution in [-0.2, 0) is 0 Å². The summed E-state index contributed by atoms with van der Waals surface area (Å²) >= 11 is 0. The molecule has 0 N–H and O–H groups in total. The van der Waals surface area contributed by atoms with Crippen molar-refractivity contribution in [2.45, 2.75) is 0 Å². The minimum absolute atomic E-state index is 0.894. The molecule has 0 spiro atoms. The summed E-state index contributed by atoms with van der Waals surface area (Å²) in [5, 5.41) is 9.67. The Bertz CT molecular complexity index is 2690. The lowest BCUT2D eigenvalue weighted by Crippen LogP contribution is -1.96. The monoisotopic (exact) mass is 585 g/mol. The highest BCUT2D eigenvalue weighted by Crippen LogP contribution is 2.46. The zero-order valence-corrected chi connectivity index (χ0v) is 24.9. The van der Waals surface area contributed by atoms with Gasteiger partial charge in [-0.15, -0.1) is 0 Å². The van der Waals surface area contributed by atoms with Gasteiger partial charge < -0.3 is 8.98 Å². The third-order valence-electron chi connectivity index (χ3n) is 9.56. The Morgan fingerprint density at radius 1 is 0.348 bits per heavy atom. The molecule has 2 heteroatoms. The fourth-order valence-electron chi connectivity index (χ4n) is 7.66. The van der Waals surface area contributed by atoms with Gasteiger partial charge in [0.1, 0.15) is 5.58 Å². The SMILES string of the molecule is c1ccc(-c2c3ccccc3c(-c3cc(-n4c5ccccc5c5ccccc54)c4oc5ccccc5c4c3)c3ccccc23)cc1. The summed E-state index contributed by atoms with van der Waals surface area (Å²) in [6, 6.07) is 59.0. The minimum Gasteiger partial charge on any atom is -0.454 e. The summed E-state index contributed by atoms with van der Waals surface area (Å²) in [6.07, 6.45) is 0. The van der Waals surface area contributed by atoms with E-state index in [-0.39, 0.29) is 0 Å². The van der Waals surface area contributed by atoms with Crippen molar-refractivity contribution in [3.05, 3.63) is 164 Å². The van der Waals surface area contributed by atoms with E-state index in [0.717, 1.165) is 38.7 Å². The maximum absolute atomic E-state index is 6.73. The number of hydrogen-bond acceptors (Lipinski definition) is 1. The summed E-state index contributed by atoms with van der Waals surface area (Å²) in [6.45, 7) is 0. The van der Waals surface area contributed by atoms with Crippen LogP contribution in [0.5, 0.6) is 0 Å². The highest BCUT2D eigenvalue weighted by Gasteiger charge is 2.22. The van der Waals surface area contributed by atoms with Gasteiger partial charge in [0.25, 0.3) is 0 Å². The van der Waals surface area contributed by atoms with Crippen LogP contribution in [0.15, 0.2) is 168 Å². The predicted octanol–water partition coefficient (Wildman–Crippen LogP) is 12.3. The average Bonchev–Trinajstić information content (AvgIpc) is 3.66. The number of fused-ring (bicyclic) bond motifs is 8. The van der Waals surface area contributed by atoms with E-state index in [1.54, 1.807) is 0 Å². The van der Waals surface area contributed by atoms with Gasteiger partial charge in [-0.3, -0.25) is 0 Å². The van der Waals surface area contributed by atoms with E-state index >= 15 is 0 Å². The van der Waals surface area contributed by atoms with Crippen molar-refractivity contribution in [3.8, 4) is 27.9 Å². The molecule has 0 atom stereocenters. The molecule has 0 amide bonds. The zero-order valence-electron chi connectivity index (χ0n) is 24.9. The van der Waals surface area contributed by atoms with Gasteiger partial charge in [-0.1, -0.05) is 133 Å². The third kappa shape index (κ3) is 3.53. The molecule has 0 bridgehead atoms. The Kier molecular flexibility index (Phi) is 5.31. The topological polar surface area (TPSA) is 18.1 Å². The molecule has 0 aliphatic heterocycles. The molecule has 0 radical (unpaired) electrons. The molecule has 10 aromatic rings. The maximum Gasteiger partial charge on any atom is 0.159 e. The van der Waals surface area contributed by atoms with E-state index in [2.05, 4.69) is 168 Å². The molecule has 0 aliphatic carbocycles. The molecule has 2 heterocycles. The van der Waals surface area contributed by atoms with Gasteiger partial charge in [-0.2, -0.15) is 0 Å². The molecule has 10 rings (SSSR count). The van der Waals surface area contributed by atoms with Crippen molar-refractivity contribution in [1.82, 2.24) is 4.57 Å². The van der Waals surface area contributed by atoms with Gasteiger partial charge in [0.2, 0.25) is 0 Å². The fraction of sp³-hybridized carbons (Fsp3) is 0. The zero-order chi connectivity index (χ0) is 30.2. The first-order chi connectivity index (χ1) is 22.8. The van der Waals surface area contributed by atoms with Gasteiger partial charge in [0.15, 0.2) is 5.58 Å². The van der Waals surface area contributed by atoms with Crippen molar-refractivity contribution in [2.75, 3.05) is 0 Å². The lowest BCUT2D eigenvalue weighted by Gasteiger charge is -2.19. The summed E-state index contributed by atoms with van der Waals surface area (Å²) in [7, 11) is 0. The quantitative estimate of drug-likeness (QED) is 0.189. The van der Waals surface area contributed by atoms with Crippen LogP contribution >= 0.6 is 0 Å². The Balaban J connectivity index is 1.40. The molecular formula is C44H27NO. The standard InChI is InChI=1S/C44H27NO/c1-2-14-28(15-3-1)42-33-19-4-6-21-35(33)43(36-22-7-5-20-34(36)42)29-26-37-32-18-10-13-25-41(32)46-44(37)40(27-29)45-38-23-11-8-16-30(38)31-17-9-12-24-39(31)45/h1-27H. The Morgan fingerprint density at radius 2 is 0.804 bits per heavy atom. The number of para-hydroxylation sites is 3. The number of rotatable bonds is 3. The van der Waals surface area contributed by atoms with Crippen LogP contribution in [0.3, 0.4) is 0 Å². The van der Waals surface area contributed by atoms with Crippen LogP contribution in [0.1, 0.15) is 0 Å².